The summed E-state index contributed by atoms with van der Waals surface area (Å²) in [6, 6.07) is 5.23. The number of carbonyl (C=O) groups is 1. The van der Waals surface area contributed by atoms with Crippen LogP contribution in [0.3, 0.4) is 0 Å². The standard InChI is InChI=1S/C26H30FN9O2/c1-16(2)36-17(3)32-26-20(27)8-18(9-22(26)36)21-10-23(31-15-30-21)33-24-12-28-19(11-29-24)13-34-4-6-35(7-5-34)14-25(37)38/h8-12,15-16H,4-7,13-14H2,1-3H3,(H,37,38)(H,29,30,31,33). The predicted octanol–water partition coefficient (Wildman–Crippen LogP) is 3.26. The van der Waals surface area contributed by atoms with E-state index in [-0.39, 0.29) is 12.6 Å². The van der Waals surface area contributed by atoms with Crippen molar-refractivity contribution in [3.8, 4) is 11.3 Å². The van der Waals surface area contributed by atoms with Crippen LogP contribution in [0.25, 0.3) is 22.3 Å². The van der Waals surface area contributed by atoms with Gasteiger partial charge >= 0.3 is 5.97 Å². The smallest absolute Gasteiger partial charge is 0.317 e. The summed E-state index contributed by atoms with van der Waals surface area (Å²) in [5.41, 5.74) is 3.11. The monoisotopic (exact) mass is 519 g/mol. The Balaban J connectivity index is 1.27. The molecule has 0 spiro atoms. The van der Waals surface area contributed by atoms with Crippen molar-refractivity contribution in [1.82, 2.24) is 39.3 Å². The number of carboxylic acid groups (broad SMARTS) is 1. The first-order valence-corrected chi connectivity index (χ1v) is 12.5. The van der Waals surface area contributed by atoms with E-state index in [0.29, 0.717) is 48.0 Å². The number of nitrogens with one attached hydrogen (secondary N) is 1. The molecule has 1 aliphatic heterocycles. The molecule has 0 saturated carbocycles. The van der Waals surface area contributed by atoms with Crippen molar-refractivity contribution in [3.05, 3.63) is 54.3 Å². The number of benzene rings is 1. The van der Waals surface area contributed by atoms with Crippen LogP contribution >= 0.6 is 0 Å². The highest BCUT2D eigenvalue weighted by Crippen LogP contribution is 2.29. The average Bonchev–Trinajstić information content (AvgIpc) is 3.23. The second-order valence-corrected chi connectivity index (χ2v) is 9.70. The Morgan fingerprint density at radius 2 is 1.79 bits per heavy atom. The summed E-state index contributed by atoms with van der Waals surface area (Å²) < 4.78 is 16.9. The molecule has 0 unspecified atom stereocenters. The Labute approximate surface area is 219 Å². The van der Waals surface area contributed by atoms with Crippen molar-refractivity contribution in [2.45, 2.75) is 33.4 Å². The van der Waals surface area contributed by atoms with Crippen LogP contribution in [0.4, 0.5) is 16.0 Å². The maximum Gasteiger partial charge on any atom is 0.317 e. The minimum Gasteiger partial charge on any atom is -0.480 e. The molecule has 0 amide bonds. The van der Waals surface area contributed by atoms with Gasteiger partial charge in [-0.2, -0.15) is 0 Å². The van der Waals surface area contributed by atoms with Gasteiger partial charge in [0.25, 0.3) is 0 Å². The van der Waals surface area contributed by atoms with Crippen LogP contribution in [0.2, 0.25) is 0 Å². The second kappa shape index (κ2) is 10.8. The molecular formula is C26H30FN9O2. The number of hydrogen-bond donors (Lipinski definition) is 2. The first-order valence-electron chi connectivity index (χ1n) is 12.5. The number of halogens is 1. The van der Waals surface area contributed by atoms with E-state index in [0.717, 1.165) is 30.1 Å². The molecule has 2 N–H and O–H groups in total. The largest absolute Gasteiger partial charge is 0.480 e. The number of carboxylic acids is 1. The maximum atomic E-state index is 14.9. The second-order valence-electron chi connectivity index (χ2n) is 9.70. The van der Waals surface area contributed by atoms with Crippen LogP contribution in [0.1, 0.15) is 31.4 Å². The number of rotatable bonds is 8. The van der Waals surface area contributed by atoms with E-state index in [1.807, 2.05) is 36.3 Å². The molecule has 198 valence electrons. The number of fused-ring (bicyclic) bond motifs is 1. The number of nitrogens with zero attached hydrogens (tertiary/aromatic N) is 8. The molecule has 12 heteroatoms. The Morgan fingerprint density at radius 1 is 1.03 bits per heavy atom. The number of aryl methyl sites for hydroxylation is 1. The fourth-order valence-electron chi connectivity index (χ4n) is 4.81. The molecule has 38 heavy (non-hydrogen) atoms. The molecule has 1 saturated heterocycles. The molecule has 0 atom stereocenters. The van der Waals surface area contributed by atoms with E-state index < -0.39 is 11.8 Å². The van der Waals surface area contributed by atoms with Gasteiger partial charge in [0.15, 0.2) is 5.82 Å². The van der Waals surface area contributed by atoms with Crippen LogP contribution in [0.15, 0.2) is 36.9 Å². The highest BCUT2D eigenvalue weighted by Gasteiger charge is 2.19. The van der Waals surface area contributed by atoms with Crippen LogP contribution in [0.5, 0.6) is 0 Å². The summed E-state index contributed by atoms with van der Waals surface area (Å²) in [5.74, 6) is 0.613. The number of anilines is 2. The average molecular weight is 520 g/mol. The van der Waals surface area contributed by atoms with E-state index in [9.17, 15) is 9.18 Å². The van der Waals surface area contributed by atoms with Gasteiger partial charge < -0.3 is 15.0 Å². The topological polar surface area (TPSA) is 125 Å². The van der Waals surface area contributed by atoms with Gasteiger partial charge in [0.05, 0.1) is 35.8 Å². The Bertz CT molecular complexity index is 1450. The number of imidazole rings is 1. The van der Waals surface area contributed by atoms with E-state index in [1.165, 1.54) is 12.4 Å². The van der Waals surface area contributed by atoms with E-state index in [1.54, 1.807) is 18.5 Å². The molecule has 4 heterocycles. The number of aliphatic carboxylic acids is 1. The summed E-state index contributed by atoms with van der Waals surface area (Å²) in [6.07, 6.45) is 4.79. The Kier molecular flexibility index (Phi) is 7.25. The number of hydrogen-bond acceptors (Lipinski definition) is 9. The van der Waals surface area contributed by atoms with Gasteiger partial charge in [-0.25, -0.2) is 24.3 Å². The lowest BCUT2D eigenvalue weighted by atomic mass is 10.1. The molecule has 1 aromatic carbocycles. The lowest BCUT2D eigenvalue weighted by Gasteiger charge is -2.33. The van der Waals surface area contributed by atoms with E-state index in [2.05, 4.69) is 35.1 Å². The van der Waals surface area contributed by atoms with Crippen LogP contribution in [-0.2, 0) is 11.3 Å². The third-order valence-corrected chi connectivity index (χ3v) is 6.58. The molecule has 0 radical (unpaired) electrons. The fraction of sp³-hybridized carbons (Fsp3) is 0.385. The van der Waals surface area contributed by atoms with E-state index >= 15 is 0 Å². The molecule has 4 aromatic rings. The number of aromatic nitrogens is 6. The third kappa shape index (κ3) is 5.60. The van der Waals surface area contributed by atoms with Crippen molar-refractivity contribution >= 4 is 28.6 Å². The van der Waals surface area contributed by atoms with Gasteiger partial charge in [0.1, 0.15) is 29.3 Å². The SMILES string of the molecule is Cc1nc2c(F)cc(-c3cc(Nc4cnc(CN5CCN(CC(=O)O)CC5)cn4)ncn3)cc2n1C(C)C. The van der Waals surface area contributed by atoms with Gasteiger partial charge in [-0.05, 0) is 32.9 Å². The zero-order valence-electron chi connectivity index (χ0n) is 21.6. The normalized spacial score (nSPS) is 14.9. The lowest BCUT2D eigenvalue weighted by molar-refractivity contribution is -0.138. The molecule has 1 aliphatic rings. The highest BCUT2D eigenvalue weighted by atomic mass is 19.1. The van der Waals surface area contributed by atoms with Gasteiger partial charge in [0, 0.05) is 50.4 Å². The zero-order valence-corrected chi connectivity index (χ0v) is 21.6. The summed E-state index contributed by atoms with van der Waals surface area (Å²) in [7, 11) is 0. The Morgan fingerprint density at radius 3 is 2.47 bits per heavy atom. The summed E-state index contributed by atoms with van der Waals surface area (Å²) in [4.78, 5) is 37.1. The maximum absolute atomic E-state index is 14.9. The molecule has 1 fully saturated rings. The molecular weight excluding hydrogens is 489 g/mol. The molecule has 3 aromatic heterocycles. The molecule has 0 aliphatic carbocycles. The molecule has 0 bridgehead atoms. The van der Waals surface area contributed by atoms with Crippen molar-refractivity contribution in [2.24, 2.45) is 0 Å². The summed E-state index contributed by atoms with van der Waals surface area (Å²) in [5, 5.41) is 12.1. The highest BCUT2D eigenvalue weighted by molar-refractivity contribution is 5.83. The van der Waals surface area contributed by atoms with Crippen LogP contribution in [-0.4, -0.2) is 83.1 Å². The van der Waals surface area contributed by atoms with Gasteiger partial charge in [-0.3, -0.25) is 19.6 Å². The van der Waals surface area contributed by atoms with Gasteiger partial charge in [-0.15, -0.1) is 0 Å². The van der Waals surface area contributed by atoms with Crippen molar-refractivity contribution in [1.29, 1.82) is 0 Å². The first-order chi connectivity index (χ1) is 18.3. The van der Waals surface area contributed by atoms with E-state index in [4.69, 9.17) is 5.11 Å². The van der Waals surface area contributed by atoms with Gasteiger partial charge in [0.2, 0.25) is 0 Å². The first kappa shape index (κ1) is 25.6. The third-order valence-electron chi connectivity index (χ3n) is 6.58. The van der Waals surface area contributed by atoms with Gasteiger partial charge in [-0.1, -0.05) is 0 Å². The van der Waals surface area contributed by atoms with Crippen molar-refractivity contribution in [2.75, 3.05) is 38.0 Å². The zero-order chi connectivity index (χ0) is 26.8. The minimum absolute atomic E-state index is 0.0741. The van der Waals surface area contributed by atoms with Crippen LogP contribution in [0, 0.1) is 12.7 Å². The van der Waals surface area contributed by atoms with Crippen molar-refractivity contribution in [3.63, 3.8) is 0 Å². The van der Waals surface area contributed by atoms with Crippen LogP contribution < -0.4 is 5.32 Å². The predicted molar refractivity (Wildman–Crippen MR) is 141 cm³/mol. The molecule has 5 rings (SSSR count). The quantitative estimate of drug-likeness (QED) is 0.358. The molecule has 11 nitrogen and oxygen atoms in total. The number of piperazine rings is 1. The summed E-state index contributed by atoms with van der Waals surface area (Å²) in [6.45, 7) is 9.67. The minimum atomic E-state index is -0.801. The summed E-state index contributed by atoms with van der Waals surface area (Å²) >= 11 is 0. The fourth-order valence-corrected chi connectivity index (χ4v) is 4.81. The Hall–Kier alpha value is -4.03. The lowest BCUT2D eigenvalue weighted by Crippen LogP contribution is -2.47. The van der Waals surface area contributed by atoms with Crippen molar-refractivity contribution < 1.29 is 14.3 Å².